The predicted molar refractivity (Wildman–Crippen MR) is 153 cm³/mol. The summed E-state index contributed by atoms with van der Waals surface area (Å²) >= 11 is 6.99. The number of carbonyl (C=O) groups excluding carboxylic acids is 2. The van der Waals surface area contributed by atoms with E-state index >= 15 is 0 Å². The van der Waals surface area contributed by atoms with Crippen LogP contribution in [0.4, 0.5) is 24.5 Å². The second kappa shape index (κ2) is 13.2. The third-order valence-electron chi connectivity index (χ3n) is 6.47. The SMILES string of the molecule is CC(C)N1CCc2nc(C(=O)Nc3cc(C(=O)O)cc(C(F)(F)F)c3CCC(=O)Nc3ccc(Cl)cc3)sc2C1.Cl. The van der Waals surface area contributed by atoms with E-state index in [0.29, 0.717) is 35.8 Å². The first-order valence-electron chi connectivity index (χ1n) is 12.4. The lowest BCUT2D eigenvalue weighted by molar-refractivity contribution is -0.138. The number of alkyl halides is 3. The van der Waals surface area contributed by atoms with Gasteiger partial charge in [0.05, 0.1) is 16.8 Å². The number of halogens is 5. The molecule has 0 spiro atoms. The molecule has 0 bridgehead atoms. The molecule has 1 aromatic heterocycles. The monoisotopic (exact) mass is 630 g/mol. The molecule has 3 aromatic rings. The van der Waals surface area contributed by atoms with E-state index in [1.54, 1.807) is 24.3 Å². The van der Waals surface area contributed by atoms with Crippen LogP contribution >= 0.6 is 35.3 Å². The van der Waals surface area contributed by atoms with E-state index in [1.807, 2.05) is 0 Å². The Morgan fingerprint density at radius 1 is 1.15 bits per heavy atom. The van der Waals surface area contributed by atoms with Crippen molar-refractivity contribution in [2.75, 3.05) is 17.2 Å². The standard InChI is InChI=1S/C27H26ClF3N4O4S.ClH/c1-14(2)35-10-9-20-22(13-35)40-25(34-20)24(37)33-21-12-15(26(38)39)11-19(27(29,30)31)18(21)7-8-23(36)32-17-5-3-16(28)4-6-17;/h3-6,11-12,14H,7-10,13H2,1-2H3,(H,32,36)(H,33,37)(H,38,39);1H. The number of aromatic nitrogens is 1. The highest BCUT2D eigenvalue weighted by Gasteiger charge is 2.36. The van der Waals surface area contributed by atoms with Gasteiger partial charge in [-0.1, -0.05) is 11.6 Å². The van der Waals surface area contributed by atoms with E-state index < -0.39 is 47.1 Å². The fourth-order valence-corrected chi connectivity index (χ4v) is 5.51. The third-order valence-corrected chi connectivity index (χ3v) is 7.80. The van der Waals surface area contributed by atoms with Crippen LogP contribution in [0.25, 0.3) is 0 Å². The highest BCUT2D eigenvalue weighted by atomic mass is 35.5. The van der Waals surface area contributed by atoms with Crippen molar-refractivity contribution in [2.24, 2.45) is 0 Å². The van der Waals surface area contributed by atoms with Gasteiger partial charge in [-0.05, 0) is 62.2 Å². The summed E-state index contributed by atoms with van der Waals surface area (Å²) in [5, 5.41) is 15.0. The van der Waals surface area contributed by atoms with Gasteiger partial charge in [-0.2, -0.15) is 13.2 Å². The van der Waals surface area contributed by atoms with Crippen LogP contribution in [0.3, 0.4) is 0 Å². The molecule has 14 heteroatoms. The van der Waals surface area contributed by atoms with Crippen molar-refractivity contribution in [3.8, 4) is 0 Å². The molecule has 0 saturated carbocycles. The Morgan fingerprint density at radius 3 is 2.44 bits per heavy atom. The first-order valence-corrected chi connectivity index (χ1v) is 13.6. The van der Waals surface area contributed by atoms with Gasteiger partial charge in [0, 0.05) is 53.2 Å². The quantitative estimate of drug-likeness (QED) is 0.261. The smallest absolute Gasteiger partial charge is 0.416 e. The predicted octanol–water partition coefficient (Wildman–Crippen LogP) is 6.53. The fourth-order valence-electron chi connectivity index (χ4n) is 4.35. The number of amides is 2. The second-order valence-electron chi connectivity index (χ2n) is 9.57. The molecule has 0 radical (unpaired) electrons. The average Bonchev–Trinajstić information content (AvgIpc) is 3.32. The van der Waals surface area contributed by atoms with Gasteiger partial charge in [-0.15, -0.1) is 23.7 Å². The lowest BCUT2D eigenvalue weighted by Gasteiger charge is -2.29. The number of nitrogens with one attached hydrogen (secondary N) is 2. The minimum atomic E-state index is -4.94. The van der Waals surface area contributed by atoms with Crippen LogP contribution in [0.5, 0.6) is 0 Å². The molecule has 0 fully saturated rings. The Hall–Kier alpha value is -3.19. The average molecular weight is 632 g/mol. The molecular weight excluding hydrogens is 604 g/mol. The van der Waals surface area contributed by atoms with Gasteiger partial charge in [-0.25, -0.2) is 9.78 Å². The first kappa shape index (κ1) is 32.3. The lowest BCUT2D eigenvalue weighted by atomic mass is 9.96. The topological polar surface area (TPSA) is 112 Å². The van der Waals surface area contributed by atoms with Gasteiger partial charge in [0.1, 0.15) is 0 Å². The number of carbonyl (C=O) groups is 3. The maximum atomic E-state index is 14.1. The number of carboxylic acid groups (broad SMARTS) is 1. The zero-order valence-electron chi connectivity index (χ0n) is 22.0. The van der Waals surface area contributed by atoms with E-state index in [4.69, 9.17) is 11.6 Å². The van der Waals surface area contributed by atoms with Gasteiger partial charge in [0.2, 0.25) is 5.91 Å². The Labute approximate surface area is 249 Å². The van der Waals surface area contributed by atoms with Crippen molar-refractivity contribution in [1.82, 2.24) is 9.88 Å². The van der Waals surface area contributed by atoms with Crippen molar-refractivity contribution in [2.45, 2.75) is 51.9 Å². The van der Waals surface area contributed by atoms with Crippen LogP contribution in [0.2, 0.25) is 5.02 Å². The Balaban J connectivity index is 0.00000462. The highest BCUT2D eigenvalue weighted by Crippen LogP contribution is 2.38. The van der Waals surface area contributed by atoms with Gasteiger partial charge in [-0.3, -0.25) is 14.5 Å². The molecule has 1 aliphatic heterocycles. The van der Waals surface area contributed by atoms with E-state index in [0.717, 1.165) is 34.5 Å². The molecule has 4 rings (SSSR count). The third kappa shape index (κ3) is 7.97. The van der Waals surface area contributed by atoms with E-state index in [1.165, 1.54) is 0 Å². The summed E-state index contributed by atoms with van der Waals surface area (Å²) < 4.78 is 42.2. The Kier molecular flexibility index (Phi) is 10.4. The van der Waals surface area contributed by atoms with Crippen molar-refractivity contribution in [1.29, 1.82) is 0 Å². The first-order chi connectivity index (χ1) is 18.8. The highest BCUT2D eigenvalue weighted by molar-refractivity contribution is 7.13. The zero-order valence-corrected chi connectivity index (χ0v) is 24.4. The molecule has 0 aliphatic carbocycles. The van der Waals surface area contributed by atoms with Crippen molar-refractivity contribution in [3.63, 3.8) is 0 Å². The maximum absolute atomic E-state index is 14.1. The molecule has 220 valence electrons. The normalized spacial score (nSPS) is 13.3. The minimum absolute atomic E-state index is 0. The largest absolute Gasteiger partial charge is 0.478 e. The molecule has 0 unspecified atom stereocenters. The lowest BCUT2D eigenvalue weighted by Crippen LogP contribution is -2.35. The maximum Gasteiger partial charge on any atom is 0.416 e. The van der Waals surface area contributed by atoms with Gasteiger partial charge < -0.3 is 15.7 Å². The van der Waals surface area contributed by atoms with Crippen LogP contribution in [0.1, 0.15) is 62.1 Å². The molecule has 0 atom stereocenters. The van der Waals surface area contributed by atoms with Crippen LogP contribution in [0, 0.1) is 0 Å². The number of aromatic carboxylic acids is 1. The number of nitrogens with zero attached hydrogens (tertiary/aromatic N) is 2. The number of hydrogen-bond donors (Lipinski definition) is 3. The number of thiazole rings is 1. The molecule has 3 N–H and O–H groups in total. The van der Waals surface area contributed by atoms with E-state index in [-0.39, 0.29) is 29.5 Å². The molecule has 8 nitrogen and oxygen atoms in total. The van der Waals surface area contributed by atoms with Gasteiger partial charge >= 0.3 is 12.1 Å². The molecule has 2 aromatic carbocycles. The molecular formula is C27H27Cl2F3N4O4S. The minimum Gasteiger partial charge on any atom is -0.478 e. The molecule has 0 saturated heterocycles. The summed E-state index contributed by atoms with van der Waals surface area (Å²) in [7, 11) is 0. The zero-order chi connectivity index (χ0) is 29.2. The fraction of sp³-hybridized carbons (Fsp3) is 0.333. The summed E-state index contributed by atoms with van der Waals surface area (Å²) in [5.41, 5.74) is -1.46. The molecule has 2 heterocycles. The number of fused-ring (bicyclic) bond motifs is 1. The van der Waals surface area contributed by atoms with Crippen LogP contribution < -0.4 is 10.6 Å². The summed E-state index contributed by atoms with van der Waals surface area (Å²) in [6, 6.07) is 7.96. The number of benzene rings is 2. The van der Waals surface area contributed by atoms with Crippen LogP contribution in [0.15, 0.2) is 36.4 Å². The van der Waals surface area contributed by atoms with Crippen LogP contribution in [-0.2, 0) is 30.4 Å². The molecule has 2 amide bonds. The molecule has 41 heavy (non-hydrogen) atoms. The summed E-state index contributed by atoms with van der Waals surface area (Å²) in [4.78, 5) is 44.8. The number of hydrogen-bond acceptors (Lipinski definition) is 6. The van der Waals surface area contributed by atoms with Crippen molar-refractivity contribution < 1.29 is 32.7 Å². The number of rotatable bonds is 8. The van der Waals surface area contributed by atoms with E-state index in [9.17, 15) is 32.7 Å². The molecule has 1 aliphatic rings. The summed E-state index contributed by atoms with van der Waals surface area (Å²) in [6.07, 6.45) is -5.08. The van der Waals surface area contributed by atoms with Crippen LogP contribution in [-0.4, -0.2) is 45.4 Å². The second-order valence-corrected chi connectivity index (χ2v) is 11.1. The van der Waals surface area contributed by atoms with Gasteiger partial charge in [0.25, 0.3) is 5.91 Å². The van der Waals surface area contributed by atoms with E-state index in [2.05, 4.69) is 34.4 Å². The number of carboxylic acids is 1. The van der Waals surface area contributed by atoms with Crippen molar-refractivity contribution >= 4 is 64.5 Å². The number of anilines is 2. The summed E-state index contributed by atoms with van der Waals surface area (Å²) in [6.45, 7) is 5.50. The Bertz CT molecular complexity index is 1450. The van der Waals surface area contributed by atoms with Gasteiger partial charge in [0.15, 0.2) is 5.01 Å². The van der Waals surface area contributed by atoms with Crippen molar-refractivity contribution in [3.05, 3.63) is 73.7 Å². The summed E-state index contributed by atoms with van der Waals surface area (Å²) in [5.74, 6) is -2.91. The Morgan fingerprint density at radius 2 is 1.83 bits per heavy atom.